The molecule has 3 aromatic carbocycles. The van der Waals surface area contributed by atoms with Gasteiger partial charge in [0.05, 0.1) is 21.3 Å². The smallest absolute Gasteiger partial charge is 0.266 e. The second-order valence-electron chi connectivity index (χ2n) is 6.64. The number of hydrogen-bond donors (Lipinski definition) is 0. The number of hydrogen-bond acceptors (Lipinski definition) is 3. The van der Waals surface area contributed by atoms with Gasteiger partial charge in [-0.05, 0) is 0 Å². The molecule has 3 aromatic rings. The van der Waals surface area contributed by atoms with Gasteiger partial charge in [0.25, 0.3) is 6.71 Å². The lowest BCUT2D eigenvalue weighted by Gasteiger charge is -2.23. The van der Waals surface area contributed by atoms with Crippen LogP contribution in [0.4, 0.5) is 35.1 Å². The lowest BCUT2D eigenvalue weighted by molar-refractivity contribution is 0.379. The fraction of sp³-hybridized carbons (Fsp3) is 0.143. The molecule has 0 aliphatic heterocycles. The summed E-state index contributed by atoms with van der Waals surface area (Å²) in [7, 11) is 2.70. The van der Waals surface area contributed by atoms with Gasteiger partial charge in [0.1, 0.15) is 17.4 Å². The summed E-state index contributed by atoms with van der Waals surface area (Å²) in [5.74, 6) is -16.1. The van der Waals surface area contributed by atoms with E-state index in [1.54, 1.807) is 0 Å². The average Bonchev–Trinajstić information content (AvgIpc) is 2.76. The SMILES string of the molecule is COc1cc(F)c(B(c2c(F)c(F)cc(F)c2OC)c2c(F)c(F)cc(F)c2OC)c(F)c1. The summed E-state index contributed by atoms with van der Waals surface area (Å²) >= 11 is 0. The zero-order valence-electron chi connectivity index (χ0n) is 17.1. The van der Waals surface area contributed by atoms with Crippen molar-refractivity contribution in [1.82, 2.24) is 0 Å². The minimum Gasteiger partial charge on any atom is -0.497 e. The van der Waals surface area contributed by atoms with E-state index in [4.69, 9.17) is 14.2 Å². The zero-order chi connectivity index (χ0) is 24.6. The third kappa shape index (κ3) is 4.05. The molecule has 0 aliphatic carbocycles. The van der Waals surface area contributed by atoms with E-state index in [2.05, 4.69) is 0 Å². The fourth-order valence-electron chi connectivity index (χ4n) is 3.51. The predicted octanol–water partition coefficient (Wildman–Crippen LogP) is 3.34. The van der Waals surface area contributed by atoms with Crippen LogP contribution in [0.5, 0.6) is 17.2 Å². The molecule has 0 unspecified atom stereocenters. The van der Waals surface area contributed by atoms with Crippen LogP contribution < -0.4 is 30.6 Å². The molecule has 12 heteroatoms. The predicted molar refractivity (Wildman–Crippen MR) is 103 cm³/mol. The highest BCUT2D eigenvalue weighted by molar-refractivity contribution is 6.96. The minimum atomic E-state index is -2.50. The van der Waals surface area contributed by atoms with E-state index in [0.29, 0.717) is 12.1 Å². The summed E-state index contributed by atoms with van der Waals surface area (Å²) in [5, 5.41) is 0. The third-order valence-corrected chi connectivity index (χ3v) is 4.88. The van der Waals surface area contributed by atoms with Crippen molar-refractivity contribution in [3.63, 3.8) is 0 Å². The van der Waals surface area contributed by atoms with Crippen molar-refractivity contribution in [2.24, 2.45) is 0 Å². The normalized spacial score (nSPS) is 10.9. The quantitative estimate of drug-likeness (QED) is 0.311. The molecular weight excluding hydrogens is 463 g/mol. The van der Waals surface area contributed by atoms with Crippen LogP contribution in [0, 0.1) is 46.5 Å². The topological polar surface area (TPSA) is 27.7 Å². The van der Waals surface area contributed by atoms with Gasteiger partial charge in [0, 0.05) is 40.7 Å². The van der Waals surface area contributed by atoms with Crippen LogP contribution in [0.1, 0.15) is 0 Å². The molecule has 0 atom stereocenters. The van der Waals surface area contributed by atoms with Crippen LogP contribution in [0.15, 0.2) is 24.3 Å². The van der Waals surface area contributed by atoms with Crippen molar-refractivity contribution in [2.45, 2.75) is 0 Å². The van der Waals surface area contributed by atoms with Crippen LogP contribution in [0.3, 0.4) is 0 Å². The van der Waals surface area contributed by atoms with Gasteiger partial charge >= 0.3 is 0 Å². The largest absolute Gasteiger partial charge is 0.497 e. The Morgan fingerprint density at radius 3 is 1.21 bits per heavy atom. The Kier molecular flexibility index (Phi) is 6.75. The molecule has 174 valence electrons. The molecular formula is C21H13BF8O3. The molecule has 0 saturated heterocycles. The monoisotopic (exact) mass is 476 g/mol. The van der Waals surface area contributed by atoms with Crippen molar-refractivity contribution < 1.29 is 49.3 Å². The van der Waals surface area contributed by atoms with E-state index in [-0.39, 0.29) is 17.9 Å². The second kappa shape index (κ2) is 9.20. The maximum Gasteiger partial charge on any atom is 0.266 e. The summed E-state index contributed by atoms with van der Waals surface area (Å²) in [6, 6.07) is 1.36. The van der Waals surface area contributed by atoms with Crippen LogP contribution in [0.25, 0.3) is 0 Å². The van der Waals surface area contributed by atoms with E-state index in [1.807, 2.05) is 0 Å². The molecule has 0 heterocycles. The van der Waals surface area contributed by atoms with E-state index < -0.39 is 81.1 Å². The van der Waals surface area contributed by atoms with Gasteiger partial charge in [-0.25, -0.2) is 35.1 Å². The van der Waals surface area contributed by atoms with Gasteiger partial charge in [0.15, 0.2) is 46.4 Å². The van der Waals surface area contributed by atoms with Crippen LogP contribution >= 0.6 is 0 Å². The lowest BCUT2D eigenvalue weighted by Crippen LogP contribution is -2.58. The maximum absolute atomic E-state index is 15.0. The Hall–Kier alpha value is -3.44. The van der Waals surface area contributed by atoms with Gasteiger partial charge in [-0.1, -0.05) is 0 Å². The highest BCUT2D eigenvalue weighted by atomic mass is 19.2. The number of ether oxygens (including phenoxy) is 3. The molecule has 3 rings (SSSR count). The van der Waals surface area contributed by atoms with Crippen LogP contribution in [-0.4, -0.2) is 28.0 Å². The second-order valence-corrected chi connectivity index (χ2v) is 6.64. The molecule has 0 aromatic heterocycles. The molecule has 0 amide bonds. The molecule has 3 nitrogen and oxygen atoms in total. The number of methoxy groups -OCH3 is 3. The molecule has 0 spiro atoms. The molecule has 0 fully saturated rings. The Balaban J connectivity index is 2.59. The molecule has 0 N–H and O–H groups in total. The number of benzene rings is 3. The van der Waals surface area contributed by atoms with E-state index >= 15 is 8.78 Å². The highest BCUT2D eigenvalue weighted by Crippen LogP contribution is 2.25. The first-order valence-corrected chi connectivity index (χ1v) is 9.02. The lowest BCUT2D eigenvalue weighted by atomic mass is 9.35. The first kappa shape index (κ1) is 24.2. The van der Waals surface area contributed by atoms with Crippen molar-refractivity contribution in [3.8, 4) is 17.2 Å². The zero-order valence-corrected chi connectivity index (χ0v) is 17.1. The van der Waals surface area contributed by atoms with Crippen molar-refractivity contribution in [2.75, 3.05) is 21.3 Å². The van der Waals surface area contributed by atoms with Crippen molar-refractivity contribution in [1.29, 1.82) is 0 Å². The Bertz CT molecular complexity index is 1150. The maximum atomic E-state index is 15.0. The average molecular weight is 476 g/mol. The highest BCUT2D eigenvalue weighted by Gasteiger charge is 2.41. The van der Waals surface area contributed by atoms with E-state index in [9.17, 15) is 26.3 Å². The third-order valence-electron chi connectivity index (χ3n) is 4.88. The molecule has 0 saturated carbocycles. The summed E-state index contributed by atoms with van der Waals surface area (Å²) in [6.07, 6.45) is 0. The van der Waals surface area contributed by atoms with Gasteiger partial charge in [-0.2, -0.15) is 0 Å². The van der Waals surface area contributed by atoms with Gasteiger partial charge in [-0.3, -0.25) is 0 Å². The van der Waals surface area contributed by atoms with Gasteiger partial charge in [0.2, 0.25) is 0 Å². The molecule has 33 heavy (non-hydrogen) atoms. The molecule has 0 aliphatic rings. The summed E-state index contributed by atoms with van der Waals surface area (Å²) in [4.78, 5) is 0. The molecule has 0 radical (unpaired) electrons. The van der Waals surface area contributed by atoms with Crippen LogP contribution in [-0.2, 0) is 0 Å². The summed E-state index contributed by atoms with van der Waals surface area (Å²) in [6.45, 7) is -2.50. The van der Waals surface area contributed by atoms with Crippen molar-refractivity contribution in [3.05, 3.63) is 70.8 Å². The summed E-state index contributed by atoms with van der Waals surface area (Å²) < 4.78 is 131. The van der Waals surface area contributed by atoms with Gasteiger partial charge < -0.3 is 14.2 Å². The minimum absolute atomic E-state index is 0.0786. The van der Waals surface area contributed by atoms with E-state index in [1.165, 1.54) is 0 Å². The fourth-order valence-corrected chi connectivity index (χ4v) is 3.51. The Morgan fingerprint density at radius 1 is 0.485 bits per heavy atom. The first-order chi connectivity index (χ1) is 15.6. The Morgan fingerprint density at radius 2 is 0.879 bits per heavy atom. The Labute approximate surface area is 182 Å². The summed E-state index contributed by atoms with van der Waals surface area (Å²) in [5.41, 5.74) is -3.74. The molecule has 0 bridgehead atoms. The number of rotatable bonds is 6. The standard InChI is InChI=1S/C21H13BF8O3/c1-31-8-4-9(23)15(10(24)5-8)22(16-18(29)11(25)6-13(27)20(16)32-2)17-19(30)12(26)7-14(28)21(17)33-3/h4-7H,1-3H3. The van der Waals surface area contributed by atoms with Crippen LogP contribution in [0.2, 0.25) is 0 Å². The first-order valence-electron chi connectivity index (χ1n) is 9.02. The van der Waals surface area contributed by atoms with Gasteiger partial charge in [-0.15, -0.1) is 0 Å². The number of halogens is 8. The van der Waals surface area contributed by atoms with E-state index in [0.717, 1.165) is 21.3 Å². The van der Waals surface area contributed by atoms with Crippen molar-refractivity contribution >= 4 is 23.1 Å².